The smallest absolute Gasteiger partial charge is 0.274 e. The largest absolute Gasteiger partial charge is 0.325 e. The van der Waals surface area contributed by atoms with E-state index >= 15 is 0 Å². The van der Waals surface area contributed by atoms with Gasteiger partial charge in [-0.15, -0.1) is 10.2 Å². The first kappa shape index (κ1) is 24.4. The number of hydrogen-bond donors (Lipinski definition) is 1. The van der Waals surface area contributed by atoms with E-state index in [9.17, 15) is 14.9 Å². The fraction of sp³-hybridized carbons (Fsp3) is 0.348. The van der Waals surface area contributed by atoms with Crippen LogP contribution in [0, 0.1) is 17.0 Å². The number of nitrogens with zero attached hydrogens (tertiary/aromatic N) is 5. The van der Waals surface area contributed by atoms with E-state index in [2.05, 4.69) is 31.9 Å². The molecule has 1 unspecified atom stereocenters. The summed E-state index contributed by atoms with van der Waals surface area (Å²) in [6.45, 7) is 4.36. The third-order valence-electron chi connectivity index (χ3n) is 5.26. The molecule has 0 saturated carbocycles. The van der Waals surface area contributed by atoms with Crippen LogP contribution < -0.4 is 5.32 Å². The first-order chi connectivity index (χ1) is 15.8. The van der Waals surface area contributed by atoms with Crippen LogP contribution in [0.3, 0.4) is 0 Å². The van der Waals surface area contributed by atoms with Crippen LogP contribution in [-0.4, -0.2) is 50.3 Å². The second-order valence-corrected chi connectivity index (χ2v) is 8.84. The average Bonchev–Trinajstić information content (AvgIpc) is 3.16. The van der Waals surface area contributed by atoms with Crippen molar-refractivity contribution < 1.29 is 9.72 Å². The fourth-order valence-corrected chi connectivity index (χ4v) is 4.30. The molecule has 1 N–H and O–H groups in total. The molecule has 1 aromatic heterocycles. The Morgan fingerprint density at radius 2 is 1.94 bits per heavy atom. The van der Waals surface area contributed by atoms with E-state index in [1.807, 2.05) is 44.4 Å². The summed E-state index contributed by atoms with van der Waals surface area (Å²) >= 11 is 1.29. The molecule has 0 radical (unpaired) electrons. The number of carbonyl (C=O) groups excluding carboxylic acids is 1. The highest BCUT2D eigenvalue weighted by atomic mass is 32.2. The standard InChI is InChI=1S/C23H28N6O3S/c1-5-19(27(3)4)22-25-26-23(28(22)14-17-9-7-6-8-10-17)33-15-21(30)24-18-12-11-16(2)20(13-18)29(31)32/h6-13,19H,5,14-15H2,1-4H3,(H,24,30). The third-order valence-corrected chi connectivity index (χ3v) is 6.23. The lowest BCUT2D eigenvalue weighted by molar-refractivity contribution is -0.385. The van der Waals surface area contributed by atoms with Gasteiger partial charge < -0.3 is 9.88 Å². The van der Waals surface area contributed by atoms with Gasteiger partial charge in [-0.05, 0) is 39.1 Å². The van der Waals surface area contributed by atoms with Crippen LogP contribution in [-0.2, 0) is 11.3 Å². The quantitative estimate of drug-likeness (QED) is 0.269. The number of carbonyl (C=O) groups is 1. The van der Waals surface area contributed by atoms with E-state index in [-0.39, 0.29) is 23.4 Å². The van der Waals surface area contributed by atoms with Crippen LogP contribution >= 0.6 is 11.8 Å². The Bertz CT molecular complexity index is 1120. The number of nitro benzene ring substituents is 1. The number of amides is 1. The molecule has 0 bridgehead atoms. The number of aryl methyl sites for hydroxylation is 1. The summed E-state index contributed by atoms with van der Waals surface area (Å²) in [5.74, 6) is 0.685. The summed E-state index contributed by atoms with van der Waals surface area (Å²) in [7, 11) is 4.02. The molecule has 1 heterocycles. The molecule has 10 heteroatoms. The van der Waals surface area contributed by atoms with E-state index in [0.29, 0.717) is 23.0 Å². The Balaban J connectivity index is 1.77. The maximum atomic E-state index is 12.6. The topological polar surface area (TPSA) is 106 Å². The molecule has 0 aliphatic rings. The van der Waals surface area contributed by atoms with E-state index in [1.165, 1.54) is 17.8 Å². The molecule has 33 heavy (non-hydrogen) atoms. The molecular formula is C23H28N6O3S. The lowest BCUT2D eigenvalue weighted by Gasteiger charge is -2.23. The summed E-state index contributed by atoms with van der Waals surface area (Å²) in [6.07, 6.45) is 0.872. The van der Waals surface area contributed by atoms with Crippen molar-refractivity contribution in [2.75, 3.05) is 25.2 Å². The van der Waals surface area contributed by atoms with Crippen LogP contribution in [0.4, 0.5) is 11.4 Å². The molecule has 2 aromatic carbocycles. The zero-order chi connectivity index (χ0) is 24.0. The second-order valence-electron chi connectivity index (χ2n) is 7.90. The Kier molecular flexibility index (Phi) is 8.18. The highest BCUT2D eigenvalue weighted by Crippen LogP contribution is 2.27. The van der Waals surface area contributed by atoms with Gasteiger partial charge in [0.05, 0.1) is 23.3 Å². The molecule has 3 aromatic rings. The third kappa shape index (κ3) is 6.17. The summed E-state index contributed by atoms with van der Waals surface area (Å²) in [4.78, 5) is 25.4. The lowest BCUT2D eigenvalue weighted by Crippen LogP contribution is -2.23. The first-order valence-electron chi connectivity index (χ1n) is 10.6. The number of hydrogen-bond acceptors (Lipinski definition) is 7. The van der Waals surface area contributed by atoms with Crippen molar-refractivity contribution in [3.05, 3.63) is 75.6 Å². The maximum absolute atomic E-state index is 12.6. The van der Waals surface area contributed by atoms with Gasteiger partial charge in [-0.3, -0.25) is 19.8 Å². The number of benzene rings is 2. The van der Waals surface area contributed by atoms with Crippen molar-refractivity contribution in [2.45, 2.75) is 38.0 Å². The molecule has 0 aliphatic carbocycles. The van der Waals surface area contributed by atoms with Crippen LogP contribution in [0.15, 0.2) is 53.7 Å². The fourth-order valence-electron chi connectivity index (χ4n) is 3.56. The molecule has 0 saturated heterocycles. The zero-order valence-corrected chi connectivity index (χ0v) is 20.0. The normalized spacial score (nSPS) is 12.0. The number of thioether (sulfide) groups is 1. The molecule has 1 atom stereocenters. The van der Waals surface area contributed by atoms with Gasteiger partial charge in [-0.25, -0.2) is 0 Å². The highest BCUT2D eigenvalue weighted by molar-refractivity contribution is 7.99. The predicted molar refractivity (Wildman–Crippen MR) is 129 cm³/mol. The van der Waals surface area contributed by atoms with Gasteiger partial charge in [0.25, 0.3) is 5.69 Å². The van der Waals surface area contributed by atoms with Crippen molar-refractivity contribution in [1.29, 1.82) is 0 Å². The summed E-state index contributed by atoms with van der Waals surface area (Å²) in [6, 6.07) is 14.8. The zero-order valence-electron chi connectivity index (χ0n) is 19.2. The molecule has 0 spiro atoms. The number of rotatable bonds is 10. The van der Waals surface area contributed by atoms with Crippen molar-refractivity contribution in [3.63, 3.8) is 0 Å². The minimum Gasteiger partial charge on any atom is -0.325 e. The SMILES string of the molecule is CCC(c1nnc(SCC(=O)Nc2ccc(C)c([N+](=O)[O-])c2)n1Cc1ccccc1)N(C)C. The monoisotopic (exact) mass is 468 g/mol. The number of nitrogens with one attached hydrogen (secondary N) is 1. The highest BCUT2D eigenvalue weighted by Gasteiger charge is 2.23. The minimum atomic E-state index is -0.456. The summed E-state index contributed by atoms with van der Waals surface area (Å²) in [5, 5.41) is 23.4. The van der Waals surface area contributed by atoms with Gasteiger partial charge in [-0.2, -0.15) is 0 Å². The van der Waals surface area contributed by atoms with Crippen LogP contribution in [0.5, 0.6) is 0 Å². The van der Waals surface area contributed by atoms with E-state index in [1.54, 1.807) is 19.1 Å². The molecule has 3 rings (SSSR count). The first-order valence-corrected chi connectivity index (χ1v) is 11.6. The summed E-state index contributed by atoms with van der Waals surface area (Å²) < 4.78 is 2.05. The Morgan fingerprint density at radius 3 is 2.58 bits per heavy atom. The number of anilines is 1. The predicted octanol–water partition coefficient (Wildman–Crippen LogP) is 4.29. The van der Waals surface area contributed by atoms with Crippen LogP contribution in [0.25, 0.3) is 0 Å². The van der Waals surface area contributed by atoms with Gasteiger partial charge in [0.15, 0.2) is 11.0 Å². The Morgan fingerprint density at radius 1 is 1.21 bits per heavy atom. The molecular weight excluding hydrogens is 440 g/mol. The van der Waals surface area contributed by atoms with Crippen molar-refractivity contribution in [1.82, 2.24) is 19.7 Å². The van der Waals surface area contributed by atoms with Crippen LogP contribution in [0.1, 0.15) is 36.3 Å². The Labute approximate surface area is 197 Å². The van der Waals surface area contributed by atoms with Gasteiger partial charge in [0.1, 0.15) is 0 Å². The molecule has 9 nitrogen and oxygen atoms in total. The van der Waals surface area contributed by atoms with E-state index in [0.717, 1.165) is 17.8 Å². The molecule has 0 fully saturated rings. The maximum Gasteiger partial charge on any atom is 0.274 e. The van der Waals surface area contributed by atoms with Gasteiger partial charge in [0.2, 0.25) is 5.91 Å². The second kappa shape index (κ2) is 11.1. The number of nitro groups is 1. The van der Waals surface area contributed by atoms with Gasteiger partial charge in [0, 0.05) is 17.3 Å². The summed E-state index contributed by atoms with van der Waals surface area (Å²) in [5.41, 5.74) is 2.02. The molecule has 1 amide bonds. The van der Waals surface area contributed by atoms with E-state index in [4.69, 9.17) is 0 Å². The van der Waals surface area contributed by atoms with Gasteiger partial charge in [-0.1, -0.05) is 55.1 Å². The van der Waals surface area contributed by atoms with Crippen molar-refractivity contribution in [2.24, 2.45) is 0 Å². The molecule has 174 valence electrons. The molecule has 0 aliphatic heterocycles. The number of aromatic nitrogens is 3. The Hall–Kier alpha value is -3.24. The lowest BCUT2D eigenvalue weighted by atomic mass is 10.2. The average molecular weight is 469 g/mol. The van der Waals surface area contributed by atoms with Crippen LogP contribution in [0.2, 0.25) is 0 Å². The van der Waals surface area contributed by atoms with Crippen molar-refractivity contribution >= 4 is 29.0 Å². The van der Waals surface area contributed by atoms with Crippen molar-refractivity contribution in [3.8, 4) is 0 Å². The minimum absolute atomic E-state index is 0.0259. The van der Waals surface area contributed by atoms with E-state index < -0.39 is 4.92 Å². The van der Waals surface area contributed by atoms with Gasteiger partial charge >= 0.3 is 0 Å².